The molecule has 2 aromatic carbocycles. The molecular formula is C29H44F3N5. The molecule has 0 saturated heterocycles. The van der Waals surface area contributed by atoms with Crippen LogP contribution in [0.25, 0.3) is 22.7 Å². The number of rotatable bonds is 9. The molecule has 0 amide bonds. The number of nitrogens with zero attached hydrogens (tertiary/aromatic N) is 2. The number of hydrogen-bond donors (Lipinski definition) is 3. The molecule has 4 N–H and O–H groups in total. The summed E-state index contributed by atoms with van der Waals surface area (Å²) < 4.78 is 34.3. The highest BCUT2D eigenvalue weighted by atomic mass is 19.3. The zero-order chi connectivity index (χ0) is 28.2. The van der Waals surface area contributed by atoms with Crippen molar-refractivity contribution in [3.63, 3.8) is 0 Å². The van der Waals surface area contributed by atoms with Gasteiger partial charge in [-0.25, -0.2) is 13.2 Å². The molecular weight excluding hydrogens is 475 g/mol. The minimum atomic E-state index is -1.75. The highest BCUT2D eigenvalue weighted by Gasteiger charge is 2.15. The van der Waals surface area contributed by atoms with E-state index in [2.05, 4.69) is 36.1 Å². The first-order valence-corrected chi connectivity index (χ1v) is 12.6. The molecule has 1 aromatic heterocycles. The Kier molecular flexibility index (Phi) is 18.3. The zero-order valence-electron chi connectivity index (χ0n) is 23.1. The van der Waals surface area contributed by atoms with Crippen molar-refractivity contribution in [1.29, 1.82) is 0 Å². The lowest BCUT2D eigenvalue weighted by Gasteiger charge is -2.11. The first-order chi connectivity index (χ1) is 17.9. The number of hydrogen-bond acceptors (Lipinski definition) is 4. The van der Waals surface area contributed by atoms with E-state index in [1.54, 1.807) is 31.5 Å². The van der Waals surface area contributed by atoms with E-state index in [9.17, 15) is 13.2 Å². The van der Waals surface area contributed by atoms with Gasteiger partial charge in [0.15, 0.2) is 0 Å². The zero-order valence-corrected chi connectivity index (χ0v) is 23.1. The molecule has 1 atom stereocenters. The summed E-state index contributed by atoms with van der Waals surface area (Å²) in [7, 11) is 3.70. The molecule has 1 heterocycles. The lowest BCUT2D eigenvalue weighted by atomic mass is 10.1. The third kappa shape index (κ3) is 11.2. The lowest BCUT2D eigenvalue weighted by Crippen LogP contribution is -2.29. The molecule has 1 unspecified atom stereocenters. The molecule has 3 aromatic rings. The molecule has 206 valence electrons. The number of aliphatic imine (C=N–C) groups is 1. The quantitative estimate of drug-likeness (QED) is 0.268. The van der Waals surface area contributed by atoms with Gasteiger partial charge in [-0.05, 0) is 81.9 Å². The largest absolute Gasteiger partial charge is 0.384 e. The molecule has 0 bridgehead atoms. The van der Waals surface area contributed by atoms with Crippen LogP contribution in [0.1, 0.15) is 51.7 Å². The fourth-order valence-electron chi connectivity index (χ4n) is 3.47. The predicted molar refractivity (Wildman–Crippen MR) is 156 cm³/mol. The van der Waals surface area contributed by atoms with Gasteiger partial charge in [-0.1, -0.05) is 39.5 Å². The van der Waals surface area contributed by atoms with Crippen molar-refractivity contribution in [2.75, 3.05) is 39.8 Å². The smallest absolute Gasteiger partial charge is 0.229 e. The van der Waals surface area contributed by atoms with Crippen molar-refractivity contribution in [2.24, 2.45) is 4.99 Å². The molecule has 0 spiro atoms. The summed E-state index contributed by atoms with van der Waals surface area (Å²) in [6.45, 7) is 12.7. The number of aromatic nitrogens is 1. The Morgan fingerprint density at radius 2 is 1.73 bits per heavy atom. The van der Waals surface area contributed by atoms with Gasteiger partial charge in [0.1, 0.15) is 11.6 Å². The Balaban J connectivity index is 0.000000727. The molecule has 5 nitrogen and oxygen atoms in total. The summed E-state index contributed by atoms with van der Waals surface area (Å²) in [6.07, 6.45) is 5.97. The summed E-state index contributed by atoms with van der Waals surface area (Å²) >= 11 is 0. The van der Waals surface area contributed by atoms with Crippen molar-refractivity contribution in [2.45, 2.75) is 46.6 Å². The fraction of sp³-hybridized carbons (Fsp3) is 0.414. The Bertz CT molecular complexity index is 1040. The van der Waals surface area contributed by atoms with Gasteiger partial charge in [-0.3, -0.25) is 9.56 Å². The summed E-state index contributed by atoms with van der Waals surface area (Å²) in [5, 5.41) is 7.55. The summed E-state index contributed by atoms with van der Waals surface area (Å²) in [4.78, 5) is 4.09. The van der Waals surface area contributed by atoms with Gasteiger partial charge in [0, 0.05) is 35.9 Å². The number of benzene rings is 2. The molecule has 0 aliphatic rings. The van der Waals surface area contributed by atoms with Crippen molar-refractivity contribution in [3.8, 4) is 5.69 Å². The van der Waals surface area contributed by atoms with Crippen molar-refractivity contribution in [1.82, 2.24) is 15.2 Å². The van der Waals surface area contributed by atoms with Crippen LogP contribution in [0.3, 0.4) is 0 Å². The second-order valence-electron chi connectivity index (χ2n) is 7.83. The Labute approximate surface area is 220 Å². The van der Waals surface area contributed by atoms with Gasteiger partial charge in [-0.2, -0.15) is 0 Å². The number of fused-ring (bicyclic) bond motifs is 1. The number of nitrogens with two attached hydrogens (primary N) is 1. The van der Waals surface area contributed by atoms with E-state index < -0.39 is 6.93 Å². The number of alkyl halides is 2. The van der Waals surface area contributed by atoms with E-state index in [1.165, 1.54) is 25.0 Å². The Morgan fingerprint density at radius 1 is 1.11 bits per heavy atom. The summed E-state index contributed by atoms with van der Waals surface area (Å²) in [5.74, 6) is 0.302. The van der Waals surface area contributed by atoms with Crippen LogP contribution in [0.4, 0.5) is 19.0 Å². The first kappa shape index (κ1) is 33.9. The normalized spacial score (nSPS) is 11.1. The average Bonchev–Trinajstić information content (AvgIpc) is 3.19. The number of anilines is 1. The van der Waals surface area contributed by atoms with E-state index in [1.807, 2.05) is 43.7 Å². The molecule has 0 aliphatic carbocycles. The van der Waals surface area contributed by atoms with Gasteiger partial charge >= 0.3 is 0 Å². The van der Waals surface area contributed by atoms with Crippen LogP contribution in [0, 0.1) is 5.82 Å². The Hall–Kier alpha value is -3.10. The van der Waals surface area contributed by atoms with Gasteiger partial charge in [0.2, 0.25) is 6.93 Å². The van der Waals surface area contributed by atoms with Crippen LogP contribution >= 0.6 is 0 Å². The van der Waals surface area contributed by atoms with Crippen LogP contribution in [-0.2, 0) is 0 Å². The highest BCUT2D eigenvalue weighted by molar-refractivity contribution is 6.06. The maximum atomic E-state index is 13.2. The van der Waals surface area contributed by atoms with Gasteiger partial charge in [0.05, 0.1) is 5.52 Å². The number of nitrogens with one attached hydrogen (secondary N) is 2. The van der Waals surface area contributed by atoms with E-state index >= 15 is 0 Å². The Morgan fingerprint density at radius 3 is 2.24 bits per heavy atom. The van der Waals surface area contributed by atoms with Crippen LogP contribution in [0.2, 0.25) is 0 Å². The van der Waals surface area contributed by atoms with Crippen LogP contribution < -0.4 is 16.4 Å². The predicted octanol–water partition coefficient (Wildman–Crippen LogP) is 6.94. The van der Waals surface area contributed by atoms with Crippen molar-refractivity contribution in [3.05, 3.63) is 66.0 Å². The van der Waals surface area contributed by atoms with Crippen molar-refractivity contribution >= 4 is 29.0 Å². The minimum Gasteiger partial charge on any atom is -0.384 e. The van der Waals surface area contributed by atoms with E-state index in [4.69, 9.17) is 5.73 Å². The topological polar surface area (TPSA) is 67.4 Å². The molecule has 0 fully saturated rings. The van der Waals surface area contributed by atoms with Gasteiger partial charge in [0.25, 0.3) is 0 Å². The third-order valence-electron chi connectivity index (χ3n) is 5.22. The van der Waals surface area contributed by atoms with E-state index in [0.29, 0.717) is 11.9 Å². The summed E-state index contributed by atoms with van der Waals surface area (Å²) in [5.41, 5.74) is 9.94. The molecule has 0 aliphatic heterocycles. The molecule has 0 radical (unpaired) electrons. The van der Waals surface area contributed by atoms with Crippen LogP contribution in [-0.4, -0.2) is 50.9 Å². The standard InChI is InChI=1S/C18H16FN3.C8H20N2.C2H6.CH2F2/c1-3-12-4-9-17-15(10-12)16(11-21-2)18(20)22(17)14-7-5-13(19)6-8-14;1-4-6-10-8(2)5-7-9-3;1-2;2-1-3/h3-11H,1,20H2,2H3;8-10H,4-7H2,1-3H3;1-2H3;1H2. The maximum absolute atomic E-state index is 13.2. The first-order valence-electron chi connectivity index (χ1n) is 12.6. The second kappa shape index (κ2) is 20.0. The molecule has 0 saturated carbocycles. The minimum absolute atomic E-state index is 0.275. The monoisotopic (exact) mass is 519 g/mol. The molecule has 8 heteroatoms. The lowest BCUT2D eigenvalue weighted by molar-refractivity contribution is 0.295. The number of nitrogen functional groups attached to an aromatic ring is 1. The SMILES string of the molecule is C=Cc1ccc2c(c1)c(C=NC)c(N)n2-c1ccc(F)cc1.CC.CCCNC(C)CCNC.FCF. The van der Waals surface area contributed by atoms with E-state index in [-0.39, 0.29) is 5.82 Å². The molecule has 37 heavy (non-hydrogen) atoms. The summed E-state index contributed by atoms with van der Waals surface area (Å²) in [6, 6.07) is 12.9. The maximum Gasteiger partial charge on any atom is 0.229 e. The fourth-order valence-corrected chi connectivity index (χ4v) is 3.47. The van der Waals surface area contributed by atoms with Gasteiger partial charge < -0.3 is 16.4 Å². The van der Waals surface area contributed by atoms with Crippen LogP contribution in [0.15, 0.2) is 54.0 Å². The van der Waals surface area contributed by atoms with Crippen molar-refractivity contribution < 1.29 is 13.2 Å². The van der Waals surface area contributed by atoms with E-state index in [0.717, 1.165) is 40.8 Å². The number of halogens is 3. The second-order valence-corrected chi connectivity index (χ2v) is 7.83. The molecule has 3 rings (SSSR count). The van der Waals surface area contributed by atoms with Gasteiger partial charge in [-0.15, -0.1) is 0 Å². The average molecular weight is 520 g/mol. The third-order valence-corrected chi connectivity index (χ3v) is 5.22. The van der Waals surface area contributed by atoms with Crippen LogP contribution in [0.5, 0.6) is 0 Å². The highest BCUT2D eigenvalue weighted by Crippen LogP contribution is 2.31.